The van der Waals surface area contributed by atoms with Gasteiger partial charge in [-0.3, -0.25) is 4.90 Å². The van der Waals surface area contributed by atoms with E-state index >= 15 is 0 Å². The second-order valence-electron chi connectivity index (χ2n) is 5.23. The Bertz CT molecular complexity index is 612. The molecule has 0 aromatic heterocycles. The van der Waals surface area contributed by atoms with Crippen LogP contribution in [-0.4, -0.2) is 18.6 Å². The fourth-order valence-electron chi connectivity index (χ4n) is 2.65. The molecule has 0 radical (unpaired) electrons. The van der Waals surface area contributed by atoms with Crippen LogP contribution in [0.4, 0.5) is 10.1 Å². The summed E-state index contributed by atoms with van der Waals surface area (Å²) in [6.07, 6.45) is 0. The van der Waals surface area contributed by atoms with Crippen LogP contribution in [0, 0.1) is 5.82 Å². The molecule has 0 atom stereocenters. The molecule has 0 saturated heterocycles. The molecule has 0 spiro atoms. The van der Waals surface area contributed by atoms with E-state index in [1.165, 1.54) is 17.2 Å². The summed E-state index contributed by atoms with van der Waals surface area (Å²) in [6.45, 7) is 2.57. The van der Waals surface area contributed by atoms with Crippen molar-refractivity contribution in [3.63, 3.8) is 0 Å². The Hall–Kier alpha value is -1.39. The summed E-state index contributed by atoms with van der Waals surface area (Å²) in [4.78, 5) is 4.45. The van der Waals surface area contributed by atoms with E-state index in [-0.39, 0.29) is 5.82 Å². The zero-order chi connectivity index (χ0) is 14.1. The average Bonchev–Trinajstić information content (AvgIpc) is 2.42. The highest BCUT2D eigenvalue weighted by atomic mass is 79.9. The minimum atomic E-state index is -0.169. The Morgan fingerprint density at radius 3 is 2.65 bits per heavy atom. The van der Waals surface area contributed by atoms with Crippen LogP contribution >= 0.6 is 15.9 Å². The number of benzene rings is 2. The standard InChI is InChI=1S/C16H16BrFN2/c1-19-11-20(9-12-2-5-14(17)6-3-12)10-13-4-7-15(18)8-16(13)19/h2-8H,9-11H2,1H3. The maximum atomic E-state index is 13.3. The van der Waals surface area contributed by atoms with Crippen LogP contribution in [0.1, 0.15) is 11.1 Å². The van der Waals surface area contributed by atoms with Crippen molar-refractivity contribution < 1.29 is 4.39 Å². The van der Waals surface area contributed by atoms with Crippen LogP contribution in [0.3, 0.4) is 0 Å². The summed E-state index contributed by atoms with van der Waals surface area (Å²) in [5.74, 6) is -0.169. The van der Waals surface area contributed by atoms with Gasteiger partial charge in [0.15, 0.2) is 0 Å². The van der Waals surface area contributed by atoms with Crippen molar-refractivity contribution in [2.75, 3.05) is 18.6 Å². The van der Waals surface area contributed by atoms with Crippen molar-refractivity contribution >= 4 is 21.6 Å². The molecule has 104 valence electrons. The molecule has 0 aliphatic carbocycles. The van der Waals surface area contributed by atoms with Crippen molar-refractivity contribution in [2.45, 2.75) is 13.1 Å². The van der Waals surface area contributed by atoms with E-state index in [2.05, 4.69) is 50.0 Å². The van der Waals surface area contributed by atoms with Gasteiger partial charge in [-0.15, -0.1) is 0 Å². The van der Waals surface area contributed by atoms with Gasteiger partial charge < -0.3 is 4.90 Å². The maximum Gasteiger partial charge on any atom is 0.125 e. The third kappa shape index (κ3) is 2.86. The molecule has 2 aromatic carbocycles. The first-order chi connectivity index (χ1) is 9.61. The molecule has 2 nitrogen and oxygen atoms in total. The second-order valence-corrected chi connectivity index (χ2v) is 6.14. The highest BCUT2D eigenvalue weighted by Crippen LogP contribution is 2.27. The molecular weight excluding hydrogens is 319 g/mol. The smallest absolute Gasteiger partial charge is 0.125 e. The number of hydrogen-bond donors (Lipinski definition) is 0. The van der Waals surface area contributed by atoms with Gasteiger partial charge >= 0.3 is 0 Å². The molecule has 0 fully saturated rings. The van der Waals surface area contributed by atoms with Gasteiger partial charge in [-0.25, -0.2) is 4.39 Å². The van der Waals surface area contributed by atoms with E-state index in [0.29, 0.717) is 0 Å². The molecule has 4 heteroatoms. The van der Waals surface area contributed by atoms with Gasteiger partial charge in [0, 0.05) is 30.3 Å². The number of hydrogen-bond acceptors (Lipinski definition) is 2. The molecule has 2 aromatic rings. The summed E-state index contributed by atoms with van der Waals surface area (Å²) in [6, 6.07) is 13.4. The largest absolute Gasteiger partial charge is 0.361 e. The fraction of sp³-hybridized carbons (Fsp3) is 0.250. The van der Waals surface area contributed by atoms with Gasteiger partial charge in [0.25, 0.3) is 0 Å². The summed E-state index contributed by atoms with van der Waals surface area (Å²) in [7, 11) is 2.01. The van der Waals surface area contributed by atoms with Crippen molar-refractivity contribution in [1.29, 1.82) is 0 Å². The zero-order valence-electron chi connectivity index (χ0n) is 11.3. The Balaban J connectivity index is 1.77. The van der Waals surface area contributed by atoms with E-state index in [1.807, 2.05) is 13.1 Å². The lowest BCUT2D eigenvalue weighted by molar-refractivity contribution is 0.248. The van der Waals surface area contributed by atoms with Crippen LogP contribution in [0.2, 0.25) is 0 Å². The minimum absolute atomic E-state index is 0.169. The molecule has 1 heterocycles. The highest BCUT2D eigenvalue weighted by Gasteiger charge is 2.20. The van der Waals surface area contributed by atoms with Crippen LogP contribution in [0.25, 0.3) is 0 Å². The Morgan fingerprint density at radius 1 is 1.15 bits per heavy atom. The van der Waals surface area contributed by atoms with Crippen molar-refractivity contribution in [3.8, 4) is 0 Å². The predicted molar refractivity (Wildman–Crippen MR) is 83.1 cm³/mol. The fourth-order valence-corrected chi connectivity index (χ4v) is 2.91. The van der Waals surface area contributed by atoms with Gasteiger partial charge in [0.1, 0.15) is 5.82 Å². The van der Waals surface area contributed by atoms with Crippen LogP contribution in [0.15, 0.2) is 46.9 Å². The van der Waals surface area contributed by atoms with E-state index in [4.69, 9.17) is 0 Å². The molecule has 0 saturated carbocycles. The molecule has 20 heavy (non-hydrogen) atoms. The first-order valence-corrected chi connectivity index (χ1v) is 7.37. The normalized spacial score (nSPS) is 15.2. The zero-order valence-corrected chi connectivity index (χ0v) is 12.9. The molecule has 0 unspecified atom stereocenters. The highest BCUT2D eigenvalue weighted by molar-refractivity contribution is 9.10. The van der Waals surface area contributed by atoms with Crippen LogP contribution in [-0.2, 0) is 13.1 Å². The SMILES string of the molecule is CN1CN(Cc2ccc(Br)cc2)Cc2ccc(F)cc21. The summed E-state index contributed by atoms with van der Waals surface area (Å²) in [5, 5.41) is 0. The Labute approximate surface area is 126 Å². The third-order valence-corrected chi connectivity index (χ3v) is 4.11. The van der Waals surface area contributed by atoms with Crippen LogP contribution in [0.5, 0.6) is 0 Å². The quantitative estimate of drug-likeness (QED) is 0.819. The van der Waals surface area contributed by atoms with E-state index in [9.17, 15) is 4.39 Å². The maximum absolute atomic E-state index is 13.3. The predicted octanol–water partition coefficient (Wildman–Crippen LogP) is 4.00. The lowest BCUT2D eigenvalue weighted by atomic mass is 10.1. The topological polar surface area (TPSA) is 6.48 Å². The van der Waals surface area contributed by atoms with Crippen molar-refractivity contribution in [3.05, 3.63) is 63.9 Å². The van der Waals surface area contributed by atoms with E-state index < -0.39 is 0 Å². The summed E-state index contributed by atoms with van der Waals surface area (Å²) in [5.41, 5.74) is 3.46. The summed E-state index contributed by atoms with van der Waals surface area (Å²) < 4.78 is 14.4. The van der Waals surface area contributed by atoms with Gasteiger partial charge in [-0.05, 0) is 35.4 Å². The number of nitrogens with zero attached hydrogens (tertiary/aromatic N) is 2. The first kappa shape index (κ1) is 13.6. The average molecular weight is 335 g/mol. The van der Waals surface area contributed by atoms with Gasteiger partial charge in [0.05, 0.1) is 6.67 Å². The van der Waals surface area contributed by atoms with E-state index in [1.54, 1.807) is 6.07 Å². The number of anilines is 1. The first-order valence-electron chi connectivity index (χ1n) is 6.58. The van der Waals surface area contributed by atoms with Gasteiger partial charge in [0.2, 0.25) is 0 Å². The monoisotopic (exact) mass is 334 g/mol. The molecular formula is C16H16BrFN2. The molecule has 1 aliphatic heterocycles. The number of fused-ring (bicyclic) bond motifs is 1. The van der Waals surface area contributed by atoms with Crippen molar-refractivity contribution in [1.82, 2.24) is 4.90 Å². The third-order valence-electron chi connectivity index (χ3n) is 3.58. The van der Waals surface area contributed by atoms with Gasteiger partial charge in [-0.1, -0.05) is 34.1 Å². The summed E-state index contributed by atoms with van der Waals surface area (Å²) >= 11 is 3.45. The minimum Gasteiger partial charge on any atom is -0.361 e. The number of halogens is 2. The van der Waals surface area contributed by atoms with Crippen LogP contribution < -0.4 is 4.90 Å². The molecule has 0 amide bonds. The van der Waals surface area contributed by atoms with E-state index in [0.717, 1.165) is 29.9 Å². The molecule has 1 aliphatic rings. The molecule has 0 bridgehead atoms. The lowest BCUT2D eigenvalue weighted by Crippen LogP contribution is -2.39. The van der Waals surface area contributed by atoms with Crippen molar-refractivity contribution in [2.24, 2.45) is 0 Å². The second kappa shape index (κ2) is 5.54. The van der Waals surface area contributed by atoms with Gasteiger partial charge in [-0.2, -0.15) is 0 Å². The lowest BCUT2D eigenvalue weighted by Gasteiger charge is -2.36. The Kier molecular flexibility index (Phi) is 3.76. The number of rotatable bonds is 2. The molecule has 0 N–H and O–H groups in total. The molecule has 3 rings (SSSR count). The Morgan fingerprint density at radius 2 is 1.90 bits per heavy atom.